The Balaban J connectivity index is 1.27. The Labute approximate surface area is 334 Å². The number of hydrogen-bond donors (Lipinski definition) is 0. The number of benzene rings is 10. The largest absolute Gasteiger partial charge is 0.310 e. The molecule has 1 aliphatic rings. The molecule has 0 bridgehead atoms. The lowest BCUT2D eigenvalue weighted by Crippen LogP contribution is -2.28. The highest BCUT2D eigenvalue weighted by Gasteiger charge is 2.48. The fourth-order valence-corrected chi connectivity index (χ4v) is 9.23. The summed E-state index contributed by atoms with van der Waals surface area (Å²) < 4.78 is 42.6. The second-order valence-electron chi connectivity index (χ2n) is 14.5. The van der Waals surface area contributed by atoms with Crippen LogP contribution in [-0.2, 0) is 5.41 Å². The van der Waals surface area contributed by atoms with Gasteiger partial charge in [-0.05, 0) is 131 Å². The van der Waals surface area contributed by atoms with Crippen molar-refractivity contribution < 1.29 is 6.85 Å². The van der Waals surface area contributed by atoms with Gasteiger partial charge in [0.05, 0.1) is 12.3 Å². The van der Waals surface area contributed by atoms with Crippen molar-refractivity contribution in [1.29, 1.82) is 0 Å². The second kappa shape index (κ2) is 13.0. The van der Waals surface area contributed by atoms with E-state index in [2.05, 4.69) is 169 Å². The zero-order chi connectivity index (χ0) is 41.4. The van der Waals surface area contributed by atoms with Crippen LogP contribution in [0, 0.1) is 0 Å². The lowest BCUT2D eigenvalue weighted by Gasteiger charge is -2.35. The number of para-hydroxylation sites is 2. The topological polar surface area (TPSA) is 3.24 Å². The van der Waals surface area contributed by atoms with Gasteiger partial charge >= 0.3 is 0 Å². The number of hydrogen-bond acceptors (Lipinski definition) is 1. The quantitative estimate of drug-likeness (QED) is 0.155. The standard InChI is InChI=1S/C55H37N/c1-6-18-38(19-7-1)39-30-31-40-36-52-51(35-41(40)34-39)53-48-33-32-46(56(44-24-12-4-13-25-44)45-26-14-5-15-27-45)37-50(48)47-28-16-17-29-49(47)54(53)55(52,42-20-8-2-9-21-42)43-22-10-3-11-23-43/h1-37H/i1D,6D,7D,18D,19D. The van der Waals surface area contributed by atoms with Gasteiger partial charge in [0, 0.05) is 17.1 Å². The van der Waals surface area contributed by atoms with Gasteiger partial charge in [-0.1, -0.05) is 170 Å². The minimum Gasteiger partial charge on any atom is -0.310 e. The van der Waals surface area contributed by atoms with Crippen LogP contribution in [0.5, 0.6) is 0 Å². The third-order valence-corrected chi connectivity index (χ3v) is 11.5. The van der Waals surface area contributed by atoms with Crippen molar-refractivity contribution in [2.45, 2.75) is 5.41 Å². The predicted octanol–water partition coefficient (Wildman–Crippen LogP) is 14.6. The number of rotatable bonds is 6. The van der Waals surface area contributed by atoms with E-state index in [9.17, 15) is 0 Å². The molecule has 0 radical (unpaired) electrons. The van der Waals surface area contributed by atoms with E-state index in [1.807, 2.05) is 30.3 Å². The Morgan fingerprint density at radius 3 is 1.62 bits per heavy atom. The molecule has 0 fully saturated rings. The molecule has 1 nitrogen and oxygen atoms in total. The monoisotopic (exact) mass is 716 g/mol. The zero-order valence-electron chi connectivity index (χ0n) is 35.4. The van der Waals surface area contributed by atoms with Crippen molar-refractivity contribution in [2.75, 3.05) is 4.90 Å². The maximum Gasteiger partial charge on any atom is 0.0720 e. The molecule has 11 rings (SSSR count). The van der Waals surface area contributed by atoms with Gasteiger partial charge in [-0.15, -0.1) is 0 Å². The van der Waals surface area contributed by atoms with Crippen molar-refractivity contribution >= 4 is 49.4 Å². The Morgan fingerprint density at radius 1 is 0.393 bits per heavy atom. The van der Waals surface area contributed by atoms with Crippen LogP contribution in [0.1, 0.15) is 29.1 Å². The smallest absolute Gasteiger partial charge is 0.0720 e. The van der Waals surface area contributed by atoms with Crippen LogP contribution < -0.4 is 4.90 Å². The van der Waals surface area contributed by atoms with E-state index in [0.29, 0.717) is 5.56 Å². The normalized spacial score (nSPS) is 14.0. The van der Waals surface area contributed by atoms with Gasteiger partial charge in [-0.2, -0.15) is 0 Å². The number of anilines is 3. The average molecular weight is 717 g/mol. The van der Waals surface area contributed by atoms with Gasteiger partial charge in [0.1, 0.15) is 0 Å². The SMILES string of the molecule is [2H]c1c([2H])c([2H])c(-c2ccc3cc4c(cc3c2)-c2c(c3ccccc3c3cc(N(c5ccccc5)c5ccccc5)ccc23)C4(c2ccccc2)c2ccccc2)c([2H])c1[2H]. The molecule has 1 aliphatic carbocycles. The molecule has 10 aromatic carbocycles. The average Bonchev–Trinajstić information content (AvgIpc) is 3.62. The predicted molar refractivity (Wildman–Crippen MR) is 236 cm³/mol. The van der Waals surface area contributed by atoms with Gasteiger partial charge in [-0.25, -0.2) is 0 Å². The highest BCUT2D eigenvalue weighted by atomic mass is 15.1. The first kappa shape index (κ1) is 27.4. The van der Waals surface area contributed by atoms with E-state index in [1.54, 1.807) is 0 Å². The Kier molecular flexibility index (Phi) is 6.34. The van der Waals surface area contributed by atoms with Gasteiger partial charge < -0.3 is 4.90 Å². The molecule has 0 unspecified atom stereocenters. The summed E-state index contributed by atoms with van der Waals surface area (Å²) in [5, 5.41) is 6.52. The molecule has 262 valence electrons. The summed E-state index contributed by atoms with van der Waals surface area (Å²) >= 11 is 0. The summed E-state index contributed by atoms with van der Waals surface area (Å²) in [6, 6.07) is 67.3. The van der Waals surface area contributed by atoms with E-state index in [4.69, 9.17) is 6.85 Å². The second-order valence-corrected chi connectivity index (χ2v) is 14.5. The lowest BCUT2D eigenvalue weighted by molar-refractivity contribution is 0.777. The molecule has 0 heterocycles. The molecule has 0 saturated heterocycles. The van der Waals surface area contributed by atoms with Gasteiger partial charge in [0.15, 0.2) is 0 Å². The summed E-state index contributed by atoms with van der Waals surface area (Å²) in [4.78, 5) is 2.31. The van der Waals surface area contributed by atoms with Crippen molar-refractivity contribution in [2.24, 2.45) is 0 Å². The van der Waals surface area contributed by atoms with Crippen LogP contribution in [0.2, 0.25) is 0 Å². The molecule has 0 atom stereocenters. The molecular weight excluding hydrogens is 675 g/mol. The summed E-state index contributed by atoms with van der Waals surface area (Å²) in [5.74, 6) is 0. The fraction of sp³-hybridized carbons (Fsp3) is 0.0182. The molecule has 0 saturated carbocycles. The third kappa shape index (κ3) is 4.88. The molecule has 10 aromatic rings. The molecular formula is C55H37N. The molecule has 0 aromatic heterocycles. The Morgan fingerprint density at radius 2 is 0.982 bits per heavy atom. The van der Waals surface area contributed by atoms with E-state index in [0.717, 1.165) is 66.2 Å². The maximum absolute atomic E-state index is 8.79. The summed E-state index contributed by atoms with van der Waals surface area (Å²) in [5.41, 5.74) is 10.2. The van der Waals surface area contributed by atoms with Crippen molar-refractivity contribution in [3.05, 3.63) is 247 Å². The first-order chi connectivity index (χ1) is 29.9. The third-order valence-electron chi connectivity index (χ3n) is 11.5. The van der Waals surface area contributed by atoms with E-state index in [-0.39, 0.29) is 29.7 Å². The van der Waals surface area contributed by atoms with E-state index < -0.39 is 11.5 Å². The minimum atomic E-state index is -0.695. The van der Waals surface area contributed by atoms with Crippen LogP contribution in [0.4, 0.5) is 17.1 Å². The minimum absolute atomic E-state index is 0.196. The first-order valence-electron chi connectivity index (χ1n) is 21.5. The Bertz CT molecular complexity index is 3240. The van der Waals surface area contributed by atoms with Crippen molar-refractivity contribution in [1.82, 2.24) is 0 Å². The zero-order valence-corrected chi connectivity index (χ0v) is 30.4. The van der Waals surface area contributed by atoms with Gasteiger partial charge in [0.2, 0.25) is 0 Å². The van der Waals surface area contributed by atoms with E-state index >= 15 is 0 Å². The van der Waals surface area contributed by atoms with Crippen LogP contribution in [0.25, 0.3) is 54.6 Å². The van der Waals surface area contributed by atoms with Crippen LogP contribution in [0.3, 0.4) is 0 Å². The summed E-state index contributed by atoms with van der Waals surface area (Å²) in [6.07, 6.45) is 0. The number of nitrogens with zero attached hydrogens (tertiary/aromatic N) is 1. The van der Waals surface area contributed by atoms with E-state index in [1.165, 1.54) is 16.5 Å². The van der Waals surface area contributed by atoms with Crippen LogP contribution in [-0.4, -0.2) is 0 Å². The van der Waals surface area contributed by atoms with Crippen LogP contribution in [0.15, 0.2) is 224 Å². The van der Waals surface area contributed by atoms with Crippen molar-refractivity contribution in [3.63, 3.8) is 0 Å². The maximum atomic E-state index is 8.79. The molecule has 1 heteroatoms. The molecule has 0 spiro atoms. The van der Waals surface area contributed by atoms with Crippen molar-refractivity contribution in [3.8, 4) is 22.3 Å². The fourth-order valence-electron chi connectivity index (χ4n) is 9.23. The molecule has 0 aliphatic heterocycles. The summed E-state index contributed by atoms with van der Waals surface area (Å²) in [6.45, 7) is 0. The highest BCUT2D eigenvalue weighted by Crippen LogP contribution is 2.61. The molecule has 56 heavy (non-hydrogen) atoms. The molecule has 0 N–H and O–H groups in total. The van der Waals surface area contributed by atoms with Gasteiger partial charge in [-0.3, -0.25) is 0 Å². The number of fused-ring (bicyclic) bond motifs is 9. The Hall–Kier alpha value is -7.22. The highest BCUT2D eigenvalue weighted by molar-refractivity contribution is 6.20. The lowest BCUT2D eigenvalue weighted by atomic mass is 9.66. The van der Waals surface area contributed by atoms with Crippen LogP contribution >= 0.6 is 0 Å². The summed E-state index contributed by atoms with van der Waals surface area (Å²) in [7, 11) is 0. The molecule has 0 amide bonds. The van der Waals surface area contributed by atoms with Gasteiger partial charge in [0.25, 0.3) is 0 Å². The first-order valence-corrected chi connectivity index (χ1v) is 19.0.